The van der Waals surface area contributed by atoms with E-state index in [0.717, 1.165) is 24.2 Å². The SMILES string of the molecule is COc1ccc([C@@](C)(O)[C@H]2CCCN2C(=O)CCn2cncn2)cc1. The standard InChI is InChI=1S/C18H24N4O3/c1-18(24,14-5-7-15(25-2)8-6-14)16-4-3-10-22(16)17(23)9-11-21-13-19-12-20-21/h5-8,12-13,16,24H,3-4,9-11H2,1-2H3/t16-,18-/m1/s1. The minimum Gasteiger partial charge on any atom is -0.497 e. The summed E-state index contributed by atoms with van der Waals surface area (Å²) in [5.74, 6) is 0.776. The maximum atomic E-state index is 12.7. The van der Waals surface area contributed by atoms with E-state index in [2.05, 4.69) is 10.1 Å². The third-order valence-corrected chi connectivity index (χ3v) is 4.92. The molecular formula is C18H24N4O3. The number of likely N-dealkylation sites (tertiary alicyclic amines) is 1. The highest BCUT2D eigenvalue weighted by Crippen LogP contribution is 2.35. The number of carbonyl (C=O) groups excluding carboxylic acids is 1. The van der Waals surface area contributed by atoms with Gasteiger partial charge >= 0.3 is 0 Å². The van der Waals surface area contributed by atoms with Crippen LogP contribution in [0.3, 0.4) is 0 Å². The van der Waals surface area contributed by atoms with Gasteiger partial charge in [0.25, 0.3) is 0 Å². The molecule has 1 N–H and O–H groups in total. The topological polar surface area (TPSA) is 80.5 Å². The van der Waals surface area contributed by atoms with E-state index in [1.54, 1.807) is 29.9 Å². The molecular weight excluding hydrogens is 320 g/mol. The maximum Gasteiger partial charge on any atom is 0.224 e. The second-order valence-corrected chi connectivity index (χ2v) is 6.53. The lowest BCUT2D eigenvalue weighted by Gasteiger charge is -2.37. The number of aromatic nitrogens is 3. The molecule has 1 saturated heterocycles. The Labute approximate surface area is 147 Å². The first kappa shape index (κ1) is 17.4. The van der Waals surface area contributed by atoms with Crippen molar-refractivity contribution in [2.24, 2.45) is 0 Å². The van der Waals surface area contributed by atoms with Gasteiger partial charge in [-0.25, -0.2) is 4.98 Å². The van der Waals surface area contributed by atoms with E-state index < -0.39 is 5.60 Å². The molecule has 3 rings (SSSR count). The van der Waals surface area contributed by atoms with Crippen LogP contribution in [0.2, 0.25) is 0 Å². The van der Waals surface area contributed by atoms with Gasteiger partial charge in [-0.1, -0.05) is 12.1 Å². The summed E-state index contributed by atoms with van der Waals surface area (Å²) in [6.45, 7) is 2.95. The number of methoxy groups -OCH3 is 1. The zero-order chi connectivity index (χ0) is 17.9. The molecule has 2 aromatic rings. The maximum absolute atomic E-state index is 12.7. The van der Waals surface area contributed by atoms with Crippen LogP contribution in [-0.4, -0.2) is 50.4 Å². The lowest BCUT2D eigenvalue weighted by molar-refractivity contribution is -0.138. The quantitative estimate of drug-likeness (QED) is 0.860. The van der Waals surface area contributed by atoms with Crippen LogP contribution >= 0.6 is 0 Å². The molecule has 1 amide bonds. The first-order valence-corrected chi connectivity index (χ1v) is 8.51. The minimum atomic E-state index is -1.11. The summed E-state index contributed by atoms with van der Waals surface area (Å²) in [7, 11) is 1.61. The molecule has 1 aromatic heterocycles. The molecule has 0 radical (unpaired) electrons. The molecule has 1 aliphatic rings. The molecule has 2 heterocycles. The molecule has 0 unspecified atom stereocenters. The van der Waals surface area contributed by atoms with Gasteiger partial charge in [0.2, 0.25) is 5.91 Å². The van der Waals surface area contributed by atoms with Crippen molar-refractivity contribution in [3.8, 4) is 5.75 Å². The van der Waals surface area contributed by atoms with Gasteiger partial charge in [0, 0.05) is 13.0 Å². The summed E-state index contributed by atoms with van der Waals surface area (Å²) in [6.07, 6.45) is 5.08. The monoisotopic (exact) mass is 344 g/mol. The van der Waals surface area contributed by atoms with E-state index in [4.69, 9.17) is 4.74 Å². The Morgan fingerprint density at radius 1 is 1.40 bits per heavy atom. The molecule has 0 spiro atoms. The number of carbonyl (C=O) groups is 1. The second kappa shape index (κ2) is 7.23. The van der Waals surface area contributed by atoms with E-state index in [1.807, 2.05) is 24.3 Å². The van der Waals surface area contributed by atoms with Crippen LogP contribution in [0.15, 0.2) is 36.9 Å². The molecule has 0 aliphatic carbocycles. The highest BCUT2D eigenvalue weighted by atomic mass is 16.5. The number of rotatable bonds is 6. The molecule has 0 bridgehead atoms. The molecule has 1 aliphatic heterocycles. The highest BCUT2D eigenvalue weighted by molar-refractivity contribution is 5.77. The minimum absolute atomic E-state index is 0.0341. The molecule has 2 atom stereocenters. The molecule has 1 aromatic carbocycles. The Bertz CT molecular complexity index is 698. The van der Waals surface area contributed by atoms with Gasteiger partial charge in [-0.2, -0.15) is 5.10 Å². The zero-order valence-electron chi connectivity index (χ0n) is 14.6. The summed E-state index contributed by atoms with van der Waals surface area (Å²) in [4.78, 5) is 18.4. The molecule has 7 heteroatoms. The van der Waals surface area contributed by atoms with Gasteiger partial charge in [0.05, 0.1) is 19.7 Å². The van der Waals surface area contributed by atoms with Gasteiger partial charge in [-0.3, -0.25) is 9.48 Å². The average molecular weight is 344 g/mol. The van der Waals surface area contributed by atoms with Crippen molar-refractivity contribution in [2.45, 2.75) is 44.4 Å². The summed E-state index contributed by atoms with van der Waals surface area (Å²) >= 11 is 0. The van der Waals surface area contributed by atoms with E-state index in [0.29, 0.717) is 19.5 Å². The number of nitrogens with zero attached hydrogens (tertiary/aromatic N) is 4. The summed E-state index contributed by atoms with van der Waals surface area (Å²) in [6, 6.07) is 7.14. The molecule has 1 fully saturated rings. The third-order valence-electron chi connectivity index (χ3n) is 4.92. The van der Waals surface area contributed by atoms with Crippen molar-refractivity contribution in [3.05, 3.63) is 42.5 Å². The van der Waals surface area contributed by atoms with Crippen LogP contribution in [0.4, 0.5) is 0 Å². The average Bonchev–Trinajstić information content (AvgIpc) is 3.31. The van der Waals surface area contributed by atoms with Crippen molar-refractivity contribution in [2.75, 3.05) is 13.7 Å². The molecule has 25 heavy (non-hydrogen) atoms. The van der Waals surface area contributed by atoms with Gasteiger partial charge in [0.15, 0.2) is 0 Å². The van der Waals surface area contributed by atoms with Gasteiger partial charge in [0.1, 0.15) is 24.0 Å². The van der Waals surface area contributed by atoms with E-state index >= 15 is 0 Å². The van der Waals surface area contributed by atoms with Gasteiger partial charge < -0.3 is 14.7 Å². The number of benzene rings is 1. The summed E-state index contributed by atoms with van der Waals surface area (Å²) in [5.41, 5.74) is -0.319. The predicted molar refractivity (Wildman–Crippen MR) is 91.9 cm³/mol. The van der Waals surface area contributed by atoms with Crippen LogP contribution in [0.1, 0.15) is 31.7 Å². The first-order valence-electron chi connectivity index (χ1n) is 8.51. The fourth-order valence-corrected chi connectivity index (χ4v) is 3.47. The lowest BCUT2D eigenvalue weighted by Crippen LogP contribution is -2.48. The number of aryl methyl sites for hydroxylation is 1. The zero-order valence-corrected chi connectivity index (χ0v) is 14.6. The van der Waals surface area contributed by atoms with Crippen LogP contribution in [0.25, 0.3) is 0 Å². The Balaban J connectivity index is 1.71. The fraction of sp³-hybridized carbons (Fsp3) is 0.500. The third kappa shape index (κ3) is 3.66. The Hall–Kier alpha value is -2.41. The normalized spacial score (nSPS) is 19.6. The lowest BCUT2D eigenvalue weighted by atomic mass is 9.86. The largest absolute Gasteiger partial charge is 0.497 e. The Kier molecular flexibility index (Phi) is 5.03. The van der Waals surface area contributed by atoms with Crippen molar-refractivity contribution in [3.63, 3.8) is 0 Å². The van der Waals surface area contributed by atoms with Crippen LogP contribution in [0.5, 0.6) is 5.75 Å². The molecule has 7 nitrogen and oxygen atoms in total. The van der Waals surface area contributed by atoms with Crippen LogP contribution in [0, 0.1) is 0 Å². The van der Waals surface area contributed by atoms with Crippen molar-refractivity contribution < 1.29 is 14.6 Å². The van der Waals surface area contributed by atoms with E-state index in [-0.39, 0.29) is 11.9 Å². The summed E-state index contributed by atoms with van der Waals surface area (Å²) in [5, 5.41) is 15.2. The highest BCUT2D eigenvalue weighted by Gasteiger charge is 2.42. The fourth-order valence-electron chi connectivity index (χ4n) is 3.47. The second-order valence-electron chi connectivity index (χ2n) is 6.53. The van der Waals surface area contributed by atoms with E-state index in [1.165, 1.54) is 6.33 Å². The number of hydrogen-bond donors (Lipinski definition) is 1. The number of hydrogen-bond acceptors (Lipinski definition) is 5. The first-order chi connectivity index (χ1) is 12.0. The van der Waals surface area contributed by atoms with E-state index in [9.17, 15) is 9.90 Å². The van der Waals surface area contributed by atoms with Gasteiger partial charge in [-0.05, 0) is 37.5 Å². The van der Waals surface area contributed by atoms with Crippen molar-refractivity contribution in [1.82, 2.24) is 19.7 Å². The number of aliphatic hydroxyl groups is 1. The Morgan fingerprint density at radius 3 is 2.80 bits per heavy atom. The van der Waals surface area contributed by atoms with Crippen molar-refractivity contribution in [1.29, 1.82) is 0 Å². The number of amides is 1. The van der Waals surface area contributed by atoms with Gasteiger partial charge in [-0.15, -0.1) is 0 Å². The Morgan fingerprint density at radius 2 is 2.16 bits per heavy atom. The molecule has 0 saturated carbocycles. The van der Waals surface area contributed by atoms with Crippen LogP contribution < -0.4 is 4.74 Å². The number of ether oxygens (including phenoxy) is 1. The van der Waals surface area contributed by atoms with Crippen LogP contribution in [-0.2, 0) is 16.9 Å². The molecule has 134 valence electrons. The van der Waals surface area contributed by atoms with Crippen molar-refractivity contribution >= 4 is 5.91 Å². The smallest absolute Gasteiger partial charge is 0.224 e. The predicted octanol–water partition coefficient (Wildman–Crippen LogP) is 1.58. The summed E-state index contributed by atoms with van der Waals surface area (Å²) < 4.78 is 6.82.